The summed E-state index contributed by atoms with van der Waals surface area (Å²) in [5.41, 5.74) is 1.83. The molecule has 0 aliphatic carbocycles. The van der Waals surface area contributed by atoms with E-state index in [-0.39, 0.29) is 22.6 Å². The van der Waals surface area contributed by atoms with Gasteiger partial charge in [0.05, 0.1) is 4.90 Å². The van der Waals surface area contributed by atoms with Crippen LogP contribution in [0.1, 0.15) is 19.4 Å². The predicted octanol–water partition coefficient (Wildman–Crippen LogP) is 2.84. The van der Waals surface area contributed by atoms with E-state index in [4.69, 9.17) is 0 Å². The van der Waals surface area contributed by atoms with Crippen LogP contribution in [0.15, 0.2) is 59.5 Å². The molecule has 148 valence electrons. The molecule has 2 rings (SSSR count). The van der Waals surface area contributed by atoms with Crippen LogP contribution in [-0.2, 0) is 19.6 Å². The number of nitrogens with one attached hydrogen (secondary N) is 3. The third-order valence-corrected chi connectivity index (χ3v) is 5.24. The van der Waals surface area contributed by atoms with E-state index in [9.17, 15) is 18.0 Å². The van der Waals surface area contributed by atoms with Gasteiger partial charge in [0, 0.05) is 23.4 Å². The molecule has 2 aromatic rings. The molecule has 0 aromatic heterocycles. The van der Waals surface area contributed by atoms with E-state index >= 15 is 0 Å². The molecule has 0 aliphatic heterocycles. The van der Waals surface area contributed by atoms with Gasteiger partial charge in [0.15, 0.2) is 0 Å². The largest absolute Gasteiger partial charge is 0.326 e. The average Bonchev–Trinajstić information content (AvgIpc) is 2.67. The van der Waals surface area contributed by atoms with Crippen LogP contribution >= 0.6 is 0 Å². The first-order chi connectivity index (χ1) is 13.2. The Morgan fingerprint density at radius 3 is 2.14 bits per heavy atom. The van der Waals surface area contributed by atoms with Crippen molar-refractivity contribution in [2.24, 2.45) is 5.92 Å². The van der Waals surface area contributed by atoms with Crippen molar-refractivity contribution in [3.05, 3.63) is 60.2 Å². The fourth-order valence-electron chi connectivity index (χ4n) is 2.19. The lowest BCUT2D eigenvalue weighted by molar-refractivity contribution is -0.119. The zero-order valence-electron chi connectivity index (χ0n) is 15.9. The first kappa shape index (κ1) is 21.3. The number of hydrogen-bond donors (Lipinski definition) is 3. The van der Waals surface area contributed by atoms with Crippen LogP contribution in [0.2, 0.25) is 0 Å². The van der Waals surface area contributed by atoms with E-state index in [0.29, 0.717) is 16.9 Å². The summed E-state index contributed by atoms with van der Waals surface area (Å²) < 4.78 is 25.6. The highest BCUT2D eigenvalue weighted by Crippen LogP contribution is 2.16. The van der Waals surface area contributed by atoms with Crippen molar-refractivity contribution >= 4 is 39.3 Å². The Morgan fingerprint density at radius 1 is 0.964 bits per heavy atom. The lowest BCUT2D eigenvalue weighted by Crippen LogP contribution is -2.18. The van der Waals surface area contributed by atoms with Gasteiger partial charge >= 0.3 is 0 Å². The molecule has 0 spiro atoms. The van der Waals surface area contributed by atoms with E-state index in [1.54, 1.807) is 56.3 Å². The Bertz CT molecular complexity index is 981. The van der Waals surface area contributed by atoms with Crippen LogP contribution in [0.4, 0.5) is 11.4 Å². The number of amides is 2. The summed E-state index contributed by atoms with van der Waals surface area (Å²) in [6.07, 6.45) is 2.93. The van der Waals surface area contributed by atoms with Gasteiger partial charge in [0.1, 0.15) is 0 Å². The minimum Gasteiger partial charge on any atom is -0.326 e. The quantitative estimate of drug-likeness (QED) is 0.621. The van der Waals surface area contributed by atoms with Gasteiger partial charge in [-0.05, 0) is 49.0 Å². The standard InChI is InChI=1S/C20H23N3O4S/c1-14(2)20(25)23-17-6-4-5-16(13-17)22-19(24)12-9-15-7-10-18(11-8-15)28(26,27)21-3/h4-14,21H,1-3H3,(H,22,24)(H,23,25)/b12-9+. The summed E-state index contributed by atoms with van der Waals surface area (Å²) in [5.74, 6) is -0.595. The van der Waals surface area contributed by atoms with Crippen molar-refractivity contribution in [1.29, 1.82) is 0 Å². The Hall–Kier alpha value is -2.97. The third-order valence-electron chi connectivity index (χ3n) is 3.81. The number of carbonyl (C=O) groups excluding carboxylic acids is 2. The molecule has 0 heterocycles. The van der Waals surface area contributed by atoms with Crippen LogP contribution in [0, 0.1) is 5.92 Å². The molecule has 0 atom stereocenters. The van der Waals surface area contributed by atoms with Crippen LogP contribution in [0.3, 0.4) is 0 Å². The van der Waals surface area contributed by atoms with Crippen molar-refractivity contribution in [3.63, 3.8) is 0 Å². The second-order valence-electron chi connectivity index (χ2n) is 6.32. The number of carbonyl (C=O) groups is 2. The summed E-state index contributed by atoms with van der Waals surface area (Å²) in [4.78, 5) is 24.0. The molecule has 0 radical (unpaired) electrons. The molecule has 7 nitrogen and oxygen atoms in total. The van der Waals surface area contributed by atoms with Crippen molar-refractivity contribution in [1.82, 2.24) is 4.72 Å². The molecular formula is C20H23N3O4S. The van der Waals surface area contributed by atoms with Crippen molar-refractivity contribution < 1.29 is 18.0 Å². The summed E-state index contributed by atoms with van der Waals surface area (Å²) in [6, 6.07) is 13.0. The number of anilines is 2. The fourth-order valence-corrected chi connectivity index (χ4v) is 2.92. The van der Waals surface area contributed by atoms with Crippen molar-refractivity contribution in [3.8, 4) is 0 Å². The van der Waals surface area contributed by atoms with Gasteiger partial charge in [0.2, 0.25) is 21.8 Å². The van der Waals surface area contributed by atoms with Crippen molar-refractivity contribution in [2.45, 2.75) is 18.7 Å². The lowest BCUT2D eigenvalue weighted by atomic mass is 10.2. The highest BCUT2D eigenvalue weighted by atomic mass is 32.2. The van der Waals surface area contributed by atoms with E-state index < -0.39 is 10.0 Å². The SMILES string of the molecule is CNS(=O)(=O)c1ccc(/C=C/C(=O)Nc2cccc(NC(=O)C(C)C)c2)cc1. The third kappa shape index (κ3) is 6.04. The molecule has 0 bridgehead atoms. The molecule has 0 aliphatic rings. The highest BCUT2D eigenvalue weighted by molar-refractivity contribution is 7.89. The van der Waals surface area contributed by atoms with Gasteiger partial charge in [-0.3, -0.25) is 9.59 Å². The van der Waals surface area contributed by atoms with Gasteiger partial charge in [-0.25, -0.2) is 13.1 Å². The lowest BCUT2D eigenvalue weighted by Gasteiger charge is -2.09. The normalized spacial score (nSPS) is 11.6. The number of rotatable bonds is 7. The number of sulfonamides is 1. The minimum atomic E-state index is -3.49. The van der Waals surface area contributed by atoms with Gasteiger partial charge in [-0.1, -0.05) is 32.0 Å². The smallest absolute Gasteiger partial charge is 0.248 e. The zero-order chi connectivity index (χ0) is 20.7. The molecule has 0 fully saturated rings. The van der Waals surface area contributed by atoms with E-state index in [1.165, 1.54) is 25.3 Å². The first-order valence-corrected chi connectivity index (χ1v) is 10.1. The topological polar surface area (TPSA) is 104 Å². The number of benzene rings is 2. The average molecular weight is 401 g/mol. The van der Waals surface area contributed by atoms with Crippen LogP contribution in [-0.4, -0.2) is 27.3 Å². The molecular weight excluding hydrogens is 378 g/mol. The van der Waals surface area contributed by atoms with Crippen LogP contribution in [0.5, 0.6) is 0 Å². The second-order valence-corrected chi connectivity index (χ2v) is 8.21. The van der Waals surface area contributed by atoms with Crippen molar-refractivity contribution in [2.75, 3.05) is 17.7 Å². The van der Waals surface area contributed by atoms with Gasteiger partial charge < -0.3 is 10.6 Å². The second kappa shape index (κ2) is 9.29. The molecule has 0 unspecified atom stereocenters. The van der Waals surface area contributed by atoms with Gasteiger partial charge in [-0.2, -0.15) is 0 Å². The Labute approximate surface area is 164 Å². The van der Waals surface area contributed by atoms with Gasteiger partial charge in [-0.15, -0.1) is 0 Å². The Morgan fingerprint density at radius 2 is 1.57 bits per heavy atom. The molecule has 2 amide bonds. The summed E-state index contributed by atoms with van der Waals surface area (Å²) in [5, 5.41) is 5.49. The maximum atomic E-state index is 12.1. The summed E-state index contributed by atoms with van der Waals surface area (Å²) in [7, 11) is -2.14. The fraction of sp³-hybridized carbons (Fsp3) is 0.200. The number of hydrogen-bond acceptors (Lipinski definition) is 4. The summed E-state index contributed by atoms with van der Waals surface area (Å²) in [6.45, 7) is 3.60. The molecule has 2 aromatic carbocycles. The van der Waals surface area contributed by atoms with E-state index in [1.807, 2.05) is 0 Å². The highest BCUT2D eigenvalue weighted by Gasteiger charge is 2.10. The molecule has 3 N–H and O–H groups in total. The minimum absolute atomic E-state index is 0.105. The zero-order valence-corrected chi connectivity index (χ0v) is 16.7. The van der Waals surface area contributed by atoms with E-state index in [0.717, 1.165) is 0 Å². The monoisotopic (exact) mass is 401 g/mol. The predicted molar refractivity (Wildman–Crippen MR) is 110 cm³/mol. The molecule has 0 saturated heterocycles. The molecule has 8 heteroatoms. The Balaban J connectivity index is 2.01. The molecule has 28 heavy (non-hydrogen) atoms. The Kier molecular flexibility index (Phi) is 7.08. The summed E-state index contributed by atoms with van der Waals surface area (Å²) >= 11 is 0. The van der Waals surface area contributed by atoms with Crippen LogP contribution in [0.25, 0.3) is 6.08 Å². The van der Waals surface area contributed by atoms with Crippen LogP contribution < -0.4 is 15.4 Å². The first-order valence-electron chi connectivity index (χ1n) is 8.65. The van der Waals surface area contributed by atoms with Gasteiger partial charge in [0.25, 0.3) is 0 Å². The van der Waals surface area contributed by atoms with E-state index in [2.05, 4.69) is 15.4 Å². The molecule has 0 saturated carbocycles. The maximum absolute atomic E-state index is 12.1. The maximum Gasteiger partial charge on any atom is 0.248 e.